The SMILES string of the molecule is Cc1cc(C)c2oc3c([N+](=O)[O-])ccc4c3c(c2c1)c1ccc([N+](=O)[O-])c2oc3c(C)cc(C)cc3c4c21. The van der Waals surface area contributed by atoms with Gasteiger partial charge < -0.3 is 8.83 Å². The molecule has 0 radical (unpaired) electrons. The van der Waals surface area contributed by atoms with Gasteiger partial charge >= 0.3 is 11.4 Å². The van der Waals surface area contributed by atoms with Crippen LogP contribution in [0.2, 0.25) is 0 Å². The number of non-ortho nitro benzene ring substituents is 2. The van der Waals surface area contributed by atoms with Crippen LogP contribution in [0, 0.1) is 47.9 Å². The van der Waals surface area contributed by atoms with Gasteiger partial charge in [-0.05, 0) is 85.0 Å². The average Bonchev–Trinajstić information content (AvgIpc) is 2.85. The Balaban J connectivity index is 1.95. The molecule has 0 unspecified atom stereocenters. The molecule has 0 aliphatic heterocycles. The van der Waals surface area contributed by atoms with Crippen molar-refractivity contribution < 1.29 is 18.7 Å². The van der Waals surface area contributed by atoms with Crippen LogP contribution in [0.4, 0.5) is 11.4 Å². The highest BCUT2D eigenvalue weighted by Crippen LogP contribution is 2.50. The summed E-state index contributed by atoms with van der Waals surface area (Å²) >= 11 is 0. The summed E-state index contributed by atoms with van der Waals surface area (Å²) in [6, 6.07) is 14.3. The fourth-order valence-corrected chi connectivity index (χ4v) is 6.13. The van der Waals surface area contributed by atoms with E-state index in [0.29, 0.717) is 32.7 Å². The molecular formula is C30H20N2O6. The maximum absolute atomic E-state index is 12.1. The lowest BCUT2D eigenvalue weighted by atomic mass is 9.88. The molecule has 186 valence electrons. The molecule has 5 aromatic carbocycles. The first kappa shape index (κ1) is 22.2. The monoisotopic (exact) mass is 504 g/mol. The van der Waals surface area contributed by atoms with Crippen LogP contribution in [-0.4, -0.2) is 9.85 Å². The smallest absolute Gasteiger partial charge is 0.312 e. The summed E-state index contributed by atoms with van der Waals surface area (Å²) in [6.45, 7) is 7.77. The maximum atomic E-state index is 12.1. The maximum Gasteiger partial charge on any atom is 0.312 e. The van der Waals surface area contributed by atoms with E-state index in [1.54, 1.807) is 12.1 Å². The molecule has 8 nitrogen and oxygen atoms in total. The summed E-state index contributed by atoms with van der Waals surface area (Å²) in [4.78, 5) is 23.4. The number of hydrogen-bond donors (Lipinski definition) is 0. The van der Waals surface area contributed by atoms with Gasteiger partial charge in [0.2, 0.25) is 11.2 Å². The molecule has 0 saturated heterocycles. The van der Waals surface area contributed by atoms with E-state index in [9.17, 15) is 20.2 Å². The zero-order chi connectivity index (χ0) is 26.6. The quantitative estimate of drug-likeness (QED) is 0.101. The third kappa shape index (κ3) is 2.74. The Bertz CT molecular complexity index is 2080. The number of hydrogen-bond acceptors (Lipinski definition) is 6. The average molecular weight is 504 g/mol. The van der Waals surface area contributed by atoms with E-state index in [-0.39, 0.29) is 22.5 Å². The molecule has 0 saturated carbocycles. The molecule has 0 N–H and O–H groups in total. The Labute approximate surface area is 214 Å². The van der Waals surface area contributed by atoms with Crippen LogP contribution < -0.4 is 0 Å². The zero-order valence-corrected chi connectivity index (χ0v) is 21.0. The van der Waals surface area contributed by atoms with Crippen LogP contribution in [0.5, 0.6) is 0 Å². The number of benzene rings is 5. The van der Waals surface area contributed by atoms with Crippen LogP contribution >= 0.6 is 0 Å². The first-order valence-electron chi connectivity index (χ1n) is 12.1. The molecule has 0 aliphatic rings. The van der Waals surface area contributed by atoms with Crippen molar-refractivity contribution in [3.05, 3.63) is 91.0 Å². The van der Waals surface area contributed by atoms with E-state index in [0.717, 1.165) is 43.8 Å². The normalized spacial score (nSPS) is 12.1. The van der Waals surface area contributed by atoms with E-state index in [1.165, 1.54) is 12.1 Å². The zero-order valence-electron chi connectivity index (χ0n) is 21.0. The highest BCUT2D eigenvalue weighted by Gasteiger charge is 2.28. The van der Waals surface area contributed by atoms with Crippen molar-refractivity contribution in [1.29, 1.82) is 0 Å². The standard InChI is InChI=1S/C30H20N2O6/c1-13-9-15(3)27-19(11-13)23-17-5-7-22(32(35)36)30-26(17)24(20-12-14(2)10-16(4)28(20)38-30)18-6-8-21(31(33)34)29(37-27)25(18)23/h5-12H,1-4H3. The molecule has 7 rings (SSSR count). The molecular weight excluding hydrogens is 484 g/mol. The van der Waals surface area contributed by atoms with Gasteiger partial charge in [-0.2, -0.15) is 0 Å². The number of nitro benzene ring substituents is 2. The van der Waals surface area contributed by atoms with E-state index in [1.807, 2.05) is 52.0 Å². The second kappa shape index (κ2) is 7.29. The summed E-state index contributed by atoms with van der Waals surface area (Å²) in [5.74, 6) is 0. The molecule has 38 heavy (non-hydrogen) atoms. The Kier molecular flexibility index (Phi) is 4.26. The minimum absolute atomic E-state index is 0.134. The minimum atomic E-state index is -0.435. The molecule has 2 heterocycles. The van der Waals surface area contributed by atoms with Crippen molar-refractivity contribution in [2.24, 2.45) is 0 Å². The molecule has 8 heteroatoms. The molecule has 0 amide bonds. The van der Waals surface area contributed by atoms with Crippen molar-refractivity contribution in [2.75, 3.05) is 0 Å². The molecule has 0 aliphatic carbocycles. The van der Waals surface area contributed by atoms with Crippen molar-refractivity contribution in [3.8, 4) is 0 Å². The Morgan fingerprint density at radius 1 is 0.526 bits per heavy atom. The van der Waals surface area contributed by atoms with Crippen LogP contribution in [-0.2, 0) is 0 Å². The number of rotatable bonds is 2. The summed E-state index contributed by atoms with van der Waals surface area (Å²) in [5, 5.41) is 30.0. The Hall–Kier alpha value is -4.98. The Morgan fingerprint density at radius 3 is 1.29 bits per heavy atom. The van der Waals surface area contributed by atoms with Gasteiger partial charge in [0.1, 0.15) is 11.2 Å². The minimum Gasteiger partial charge on any atom is -0.449 e. The lowest BCUT2D eigenvalue weighted by Gasteiger charge is -2.18. The number of nitro groups is 2. The molecule has 0 atom stereocenters. The third-order valence-corrected chi connectivity index (χ3v) is 7.49. The first-order valence-corrected chi connectivity index (χ1v) is 12.1. The number of nitrogens with zero attached hydrogens (tertiary/aromatic N) is 2. The topological polar surface area (TPSA) is 113 Å². The van der Waals surface area contributed by atoms with Crippen molar-refractivity contribution in [3.63, 3.8) is 0 Å². The predicted octanol–water partition coefficient (Wildman–Crippen LogP) is 8.84. The lowest BCUT2D eigenvalue weighted by Crippen LogP contribution is -1.97. The predicted molar refractivity (Wildman–Crippen MR) is 148 cm³/mol. The fourth-order valence-electron chi connectivity index (χ4n) is 6.13. The number of fused-ring (bicyclic) bond motifs is 6. The van der Waals surface area contributed by atoms with Gasteiger partial charge in [-0.25, -0.2) is 0 Å². The summed E-state index contributed by atoms with van der Waals surface area (Å²) in [7, 11) is 0. The molecule has 7 aromatic rings. The molecule has 0 bridgehead atoms. The van der Waals surface area contributed by atoms with Crippen molar-refractivity contribution in [1.82, 2.24) is 0 Å². The Morgan fingerprint density at radius 2 is 0.921 bits per heavy atom. The summed E-state index contributed by atoms with van der Waals surface area (Å²) in [6.07, 6.45) is 0. The van der Waals surface area contributed by atoms with E-state index in [2.05, 4.69) is 0 Å². The van der Waals surface area contributed by atoms with Gasteiger partial charge in [-0.3, -0.25) is 20.2 Å². The van der Waals surface area contributed by atoms with Gasteiger partial charge in [-0.1, -0.05) is 12.1 Å². The van der Waals surface area contributed by atoms with E-state index in [4.69, 9.17) is 8.83 Å². The lowest BCUT2D eigenvalue weighted by molar-refractivity contribution is -0.383. The largest absolute Gasteiger partial charge is 0.449 e. The molecule has 0 fully saturated rings. The van der Waals surface area contributed by atoms with Gasteiger partial charge in [0.05, 0.1) is 9.85 Å². The third-order valence-electron chi connectivity index (χ3n) is 7.49. The molecule has 0 spiro atoms. The van der Waals surface area contributed by atoms with Crippen LogP contribution in [0.15, 0.2) is 57.4 Å². The highest BCUT2D eigenvalue weighted by molar-refractivity contribution is 6.40. The van der Waals surface area contributed by atoms with Gasteiger partial charge in [-0.15, -0.1) is 0 Å². The first-order chi connectivity index (χ1) is 18.2. The van der Waals surface area contributed by atoms with Crippen molar-refractivity contribution >= 4 is 76.8 Å². The highest BCUT2D eigenvalue weighted by atomic mass is 16.6. The van der Waals surface area contributed by atoms with Crippen LogP contribution in [0.3, 0.4) is 0 Å². The van der Waals surface area contributed by atoms with Crippen LogP contribution in [0.25, 0.3) is 65.4 Å². The second-order valence-electron chi connectivity index (χ2n) is 10.1. The summed E-state index contributed by atoms with van der Waals surface area (Å²) in [5.41, 5.74) is 4.87. The molecule has 2 aromatic heterocycles. The van der Waals surface area contributed by atoms with Crippen LogP contribution in [0.1, 0.15) is 22.3 Å². The second-order valence-corrected chi connectivity index (χ2v) is 10.1. The van der Waals surface area contributed by atoms with E-state index < -0.39 is 9.85 Å². The fraction of sp³-hybridized carbons (Fsp3) is 0.133. The number of aryl methyl sites for hydroxylation is 4. The van der Waals surface area contributed by atoms with Gasteiger partial charge in [0.25, 0.3) is 0 Å². The summed E-state index contributed by atoms with van der Waals surface area (Å²) < 4.78 is 12.7. The van der Waals surface area contributed by atoms with E-state index >= 15 is 0 Å². The van der Waals surface area contributed by atoms with Gasteiger partial charge in [0, 0.05) is 44.5 Å². The van der Waals surface area contributed by atoms with Crippen molar-refractivity contribution in [2.45, 2.75) is 27.7 Å². The van der Waals surface area contributed by atoms with Gasteiger partial charge in [0.15, 0.2) is 0 Å².